The average molecular weight is 647 g/mol. The van der Waals surface area contributed by atoms with Gasteiger partial charge in [0, 0.05) is 10.8 Å². The van der Waals surface area contributed by atoms with Crippen LogP contribution in [0.5, 0.6) is 0 Å². The van der Waals surface area contributed by atoms with E-state index in [0.29, 0.717) is 0 Å². The van der Waals surface area contributed by atoms with Gasteiger partial charge < -0.3 is 4.42 Å². The molecule has 0 radical (unpaired) electrons. The van der Waals surface area contributed by atoms with Gasteiger partial charge in [-0.1, -0.05) is 140 Å². The van der Waals surface area contributed by atoms with E-state index in [1.165, 1.54) is 87.2 Å². The van der Waals surface area contributed by atoms with Gasteiger partial charge in [0.1, 0.15) is 11.2 Å². The van der Waals surface area contributed by atoms with E-state index in [1.807, 2.05) is 0 Å². The molecule has 0 aliphatic rings. The molecule has 0 saturated heterocycles. The molecule has 1 aromatic heterocycles. The molecule has 0 amide bonds. The number of furan rings is 1. The normalized spacial score (nSPS) is 11.9. The van der Waals surface area contributed by atoms with Gasteiger partial charge in [0.05, 0.1) is 0 Å². The lowest BCUT2D eigenvalue weighted by molar-refractivity contribution is 0.669. The van der Waals surface area contributed by atoms with Gasteiger partial charge in [-0.2, -0.15) is 0 Å². The van der Waals surface area contributed by atoms with E-state index in [9.17, 15) is 0 Å². The summed E-state index contributed by atoms with van der Waals surface area (Å²) in [5.41, 5.74) is 9.09. The van der Waals surface area contributed by atoms with Crippen LogP contribution in [0.25, 0.3) is 109 Å². The van der Waals surface area contributed by atoms with Crippen LogP contribution in [0.2, 0.25) is 0 Å². The molecule has 0 saturated carbocycles. The van der Waals surface area contributed by atoms with Crippen molar-refractivity contribution in [2.75, 3.05) is 0 Å². The lowest BCUT2D eigenvalue weighted by Crippen LogP contribution is -1.88. The van der Waals surface area contributed by atoms with E-state index in [0.717, 1.165) is 21.9 Å². The zero-order valence-corrected chi connectivity index (χ0v) is 27.7. The number of rotatable bonds is 3. The monoisotopic (exact) mass is 646 g/mol. The SMILES string of the molecule is c1ccc(-c2ccc3oc4ccc(-c5ccc6cc(-c7cc8ccc9ccc%10ccccc%10c9c8c8ccccc78)ccc6c5)cc4c3c2)cc1. The topological polar surface area (TPSA) is 13.1 Å². The number of fused-ring (bicyclic) bond motifs is 11. The predicted octanol–water partition coefficient (Wildman–Crippen LogP) is 14.4. The van der Waals surface area contributed by atoms with Crippen LogP contribution in [0.4, 0.5) is 0 Å². The fourth-order valence-corrected chi connectivity index (χ4v) is 8.29. The molecular formula is C50H30O. The standard InChI is InChI=1S/C50H30O/c1-2-8-31(9-3-1)37-22-24-47-45(28-37)46-29-38(23-25-48(46)51-47)35-17-18-36-27-39(20-19-34(36)26-35)44-30-40-21-16-33-15-14-32-10-4-5-11-41(32)49(33)50(40)43-13-7-6-12-42(43)44/h1-30H. The van der Waals surface area contributed by atoms with Crippen molar-refractivity contribution in [2.24, 2.45) is 0 Å². The van der Waals surface area contributed by atoms with Crippen molar-refractivity contribution in [1.29, 1.82) is 0 Å². The zero-order valence-electron chi connectivity index (χ0n) is 27.7. The summed E-state index contributed by atoms with van der Waals surface area (Å²) in [6.45, 7) is 0. The van der Waals surface area contributed by atoms with E-state index in [-0.39, 0.29) is 0 Å². The molecule has 0 atom stereocenters. The molecule has 236 valence electrons. The Morgan fingerprint density at radius 2 is 0.765 bits per heavy atom. The lowest BCUT2D eigenvalue weighted by Gasteiger charge is -2.15. The van der Waals surface area contributed by atoms with Crippen molar-refractivity contribution in [3.63, 3.8) is 0 Å². The highest BCUT2D eigenvalue weighted by Gasteiger charge is 2.15. The van der Waals surface area contributed by atoms with Crippen LogP contribution in [0, 0.1) is 0 Å². The summed E-state index contributed by atoms with van der Waals surface area (Å²) in [5.74, 6) is 0. The first-order valence-corrected chi connectivity index (χ1v) is 17.6. The van der Waals surface area contributed by atoms with Crippen LogP contribution in [0.3, 0.4) is 0 Å². The van der Waals surface area contributed by atoms with Gasteiger partial charge in [-0.15, -0.1) is 0 Å². The molecule has 0 fully saturated rings. The van der Waals surface area contributed by atoms with Crippen LogP contribution in [0.15, 0.2) is 186 Å². The lowest BCUT2D eigenvalue weighted by atomic mass is 9.88. The third-order valence-corrected chi connectivity index (χ3v) is 10.8. The molecule has 11 rings (SSSR count). The molecule has 1 nitrogen and oxygen atoms in total. The quantitative estimate of drug-likeness (QED) is 0.174. The van der Waals surface area contributed by atoms with Gasteiger partial charge in [-0.3, -0.25) is 0 Å². The highest BCUT2D eigenvalue weighted by Crippen LogP contribution is 2.42. The third-order valence-electron chi connectivity index (χ3n) is 10.8. The van der Waals surface area contributed by atoms with Crippen molar-refractivity contribution < 1.29 is 4.42 Å². The largest absolute Gasteiger partial charge is 0.456 e. The Labute approximate surface area is 294 Å². The minimum absolute atomic E-state index is 0.910. The van der Waals surface area contributed by atoms with Gasteiger partial charge in [0.2, 0.25) is 0 Å². The summed E-state index contributed by atoms with van der Waals surface area (Å²) in [5, 5.41) is 15.1. The second kappa shape index (κ2) is 10.9. The van der Waals surface area contributed by atoms with E-state index >= 15 is 0 Å². The first-order chi connectivity index (χ1) is 25.2. The summed E-state index contributed by atoms with van der Waals surface area (Å²) in [7, 11) is 0. The second-order valence-corrected chi connectivity index (χ2v) is 13.7. The summed E-state index contributed by atoms with van der Waals surface area (Å²) in [4.78, 5) is 0. The Hall–Kier alpha value is -6.70. The molecule has 0 N–H and O–H groups in total. The third kappa shape index (κ3) is 4.42. The summed E-state index contributed by atoms with van der Waals surface area (Å²) in [6, 6.07) is 66.4. The highest BCUT2D eigenvalue weighted by atomic mass is 16.3. The molecular weight excluding hydrogens is 617 g/mol. The maximum Gasteiger partial charge on any atom is 0.135 e. The highest BCUT2D eigenvalue weighted by molar-refractivity contribution is 6.29. The van der Waals surface area contributed by atoms with E-state index in [1.54, 1.807) is 0 Å². The van der Waals surface area contributed by atoms with E-state index < -0.39 is 0 Å². The molecule has 0 bridgehead atoms. The first-order valence-electron chi connectivity index (χ1n) is 17.6. The van der Waals surface area contributed by atoms with Gasteiger partial charge in [0.25, 0.3) is 0 Å². The van der Waals surface area contributed by atoms with Gasteiger partial charge in [0.15, 0.2) is 0 Å². The van der Waals surface area contributed by atoms with Gasteiger partial charge in [-0.25, -0.2) is 0 Å². The van der Waals surface area contributed by atoms with Crippen molar-refractivity contribution in [3.05, 3.63) is 182 Å². The molecule has 0 unspecified atom stereocenters. The van der Waals surface area contributed by atoms with Crippen LogP contribution < -0.4 is 0 Å². The molecule has 11 aromatic rings. The molecule has 0 aliphatic carbocycles. The number of hydrogen-bond donors (Lipinski definition) is 0. The summed E-state index contributed by atoms with van der Waals surface area (Å²) < 4.78 is 6.26. The van der Waals surface area contributed by atoms with Crippen LogP contribution >= 0.6 is 0 Å². The Kier molecular flexibility index (Phi) is 6.02. The summed E-state index contributed by atoms with van der Waals surface area (Å²) in [6.07, 6.45) is 0. The molecule has 10 aromatic carbocycles. The Morgan fingerprint density at radius 1 is 0.255 bits per heavy atom. The van der Waals surface area contributed by atoms with Crippen molar-refractivity contribution in [1.82, 2.24) is 0 Å². The molecule has 0 spiro atoms. The predicted molar refractivity (Wildman–Crippen MR) is 218 cm³/mol. The maximum absolute atomic E-state index is 6.26. The summed E-state index contributed by atoms with van der Waals surface area (Å²) >= 11 is 0. The fraction of sp³-hybridized carbons (Fsp3) is 0. The first kappa shape index (κ1) is 28.2. The second-order valence-electron chi connectivity index (χ2n) is 13.7. The van der Waals surface area contributed by atoms with E-state index in [2.05, 4.69) is 182 Å². The maximum atomic E-state index is 6.26. The molecule has 1 heterocycles. The molecule has 0 aliphatic heterocycles. The van der Waals surface area contributed by atoms with Crippen molar-refractivity contribution in [2.45, 2.75) is 0 Å². The Morgan fingerprint density at radius 3 is 1.53 bits per heavy atom. The Bertz CT molecular complexity index is 3180. The smallest absolute Gasteiger partial charge is 0.135 e. The van der Waals surface area contributed by atoms with Crippen molar-refractivity contribution >= 4 is 75.8 Å². The van der Waals surface area contributed by atoms with Crippen molar-refractivity contribution in [3.8, 4) is 33.4 Å². The number of hydrogen-bond acceptors (Lipinski definition) is 1. The zero-order chi connectivity index (χ0) is 33.5. The van der Waals surface area contributed by atoms with Gasteiger partial charge in [-0.05, 0) is 130 Å². The minimum atomic E-state index is 0.910. The minimum Gasteiger partial charge on any atom is -0.456 e. The van der Waals surface area contributed by atoms with E-state index in [4.69, 9.17) is 4.42 Å². The molecule has 1 heteroatoms. The fourth-order valence-electron chi connectivity index (χ4n) is 8.29. The van der Waals surface area contributed by atoms with Crippen LogP contribution in [-0.4, -0.2) is 0 Å². The molecule has 51 heavy (non-hydrogen) atoms. The Balaban J connectivity index is 1.03. The number of benzene rings is 10. The van der Waals surface area contributed by atoms with Crippen LogP contribution in [-0.2, 0) is 0 Å². The average Bonchev–Trinajstić information content (AvgIpc) is 3.57. The van der Waals surface area contributed by atoms with Crippen LogP contribution in [0.1, 0.15) is 0 Å². The van der Waals surface area contributed by atoms with Gasteiger partial charge >= 0.3 is 0 Å².